The summed E-state index contributed by atoms with van der Waals surface area (Å²) >= 11 is 0. The fourth-order valence-electron chi connectivity index (χ4n) is 4.00. The van der Waals surface area contributed by atoms with Gasteiger partial charge >= 0.3 is 5.97 Å². The fourth-order valence-corrected chi connectivity index (χ4v) is 4.00. The number of ether oxygens (including phenoxy) is 3. The van der Waals surface area contributed by atoms with E-state index < -0.39 is 24.3 Å². The van der Waals surface area contributed by atoms with E-state index in [0.717, 1.165) is 31.2 Å². The average molecular weight is 419 g/mol. The molecule has 1 fully saturated rings. The minimum absolute atomic E-state index is 0.0592. The van der Waals surface area contributed by atoms with Gasteiger partial charge in [-0.1, -0.05) is 30.3 Å². The molecule has 0 atom stereocenters. The number of hydrogen-bond donors (Lipinski definition) is 1. The van der Waals surface area contributed by atoms with Crippen molar-refractivity contribution in [1.29, 1.82) is 0 Å². The molecule has 1 N–H and O–H groups in total. The molecule has 31 heavy (non-hydrogen) atoms. The Labute approximate surface area is 178 Å². The lowest BCUT2D eigenvalue weighted by Gasteiger charge is -2.21. The number of rotatable bonds is 5. The van der Waals surface area contributed by atoms with E-state index in [-0.39, 0.29) is 5.76 Å². The molecule has 158 valence electrons. The van der Waals surface area contributed by atoms with Crippen LogP contribution < -0.4 is 14.8 Å². The van der Waals surface area contributed by atoms with Crippen LogP contribution in [0.1, 0.15) is 36.2 Å². The zero-order chi connectivity index (χ0) is 21.3. The number of amides is 1. The Morgan fingerprint density at radius 1 is 0.968 bits per heavy atom. The van der Waals surface area contributed by atoms with Crippen molar-refractivity contribution >= 4 is 17.6 Å². The average Bonchev–Trinajstić information content (AvgIpc) is 3.52. The maximum absolute atomic E-state index is 12.4. The summed E-state index contributed by atoms with van der Waals surface area (Å²) in [6.45, 7) is -0.438. The highest BCUT2D eigenvalue weighted by Crippen LogP contribution is 2.47. The zero-order valence-electron chi connectivity index (χ0n) is 16.8. The fraction of sp³-hybridized carbons (Fsp3) is 0.250. The van der Waals surface area contributed by atoms with Gasteiger partial charge in [0.2, 0.25) is 5.76 Å². The molecule has 7 heteroatoms. The van der Waals surface area contributed by atoms with Gasteiger partial charge in [0, 0.05) is 30.2 Å². The second kappa shape index (κ2) is 7.83. The lowest BCUT2D eigenvalue weighted by atomic mass is 10.1. The van der Waals surface area contributed by atoms with Crippen molar-refractivity contribution in [2.24, 2.45) is 0 Å². The van der Waals surface area contributed by atoms with E-state index in [2.05, 4.69) is 5.32 Å². The molecular weight excluding hydrogens is 398 g/mol. The van der Waals surface area contributed by atoms with Crippen LogP contribution in [0.4, 0.5) is 5.69 Å². The Hall–Kier alpha value is -3.74. The summed E-state index contributed by atoms with van der Waals surface area (Å²) in [5, 5.41) is 2.72. The molecule has 1 aliphatic heterocycles. The van der Waals surface area contributed by atoms with Crippen LogP contribution in [-0.4, -0.2) is 24.3 Å². The number of furan rings is 1. The normalized spacial score (nSPS) is 15.7. The third-order valence-corrected chi connectivity index (χ3v) is 5.45. The lowest BCUT2D eigenvalue weighted by molar-refractivity contribution is -0.119. The van der Waals surface area contributed by atoms with Crippen molar-refractivity contribution in [3.05, 3.63) is 66.6 Å². The Morgan fingerprint density at radius 3 is 2.55 bits per heavy atom. The van der Waals surface area contributed by atoms with Crippen molar-refractivity contribution < 1.29 is 28.2 Å². The van der Waals surface area contributed by atoms with Crippen LogP contribution in [0, 0.1) is 0 Å². The van der Waals surface area contributed by atoms with Gasteiger partial charge in [-0.2, -0.15) is 0 Å². The first-order valence-electron chi connectivity index (χ1n) is 10.2. The largest absolute Gasteiger partial charge is 0.457 e. The third kappa shape index (κ3) is 3.86. The van der Waals surface area contributed by atoms with Gasteiger partial charge in [-0.25, -0.2) is 4.79 Å². The molecule has 2 heterocycles. The molecule has 0 bridgehead atoms. The summed E-state index contributed by atoms with van der Waals surface area (Å²) in [7, 11) is 0. The maximum Gasteiger partial charge on any atom is 0.375 e. The van der Waals surface area contributed by atoms with E-state index in [1.54, 1.807) is 24.3 Å². The molecule has 1 spiro atoms. The molecular formula is C24H21NO6. The predicted octanol–water partition coefficient (Wildman–Crippen LogP) is 4.78. The molecule has 5 rings (SSSR count). The van der Waals surface area contributed by atoms with Gasteiger partial charge < -0.3 is 23.9 Å². The van der Waals surface area contributed by atoms with E-state index in [4.69, 9.17) is 18.6 Å². The molecule has 3 aromatic rings. The van der Waals surface area contributed by atoms with Gasteiger partial charge in [0.15, 0.2) is 18.1 Å². The van der Waals surface area contributed by atoms with E-state index in [9.17, 15) is 9.59 Å². The summed E-state index contributed by atoms with van der Waals surface area (Å²) < 4.78 is 22.4. The first-order chi connectivity index (χ1) is 15.1. The van der Waals surface area contributed by atoms with Crippen molar-refractivity contribution in [3.63, 3.8) is 0 Å². The number of anilines is 1. The topological polar surface area (TPSA) is 87.0 Å². The van der Waals surface area contributed by atoms with E-state index in [1.807, 2.05) is 30.3 Å². The number of carbonyl (C=O) groups is 2. The lowest BCUT2D eigenvalue weighted by Crippen LogP contribution is -2.34. The maximum atomic E-state index is 12.4. The van der Waals surface area contributed by atoms with Gasteiger partial charge in [-0.3, -0.25) is 4.79 Å². The third-order valence-electron chi connectivity index (χ3n) is 5.45. The van der Waals surface area contributed by atoms with Crippen molar-refractivity contribution in [1.82, 2.24) is 0 Å². The van der Waals surface area contributed by atoms with Crippen LogP contribution in [0.15, 0.2) is 65.3 Å². The molecule has 2 aliphatic rings. The zero-order valence-corrected chi connectivity index (χ0v) is 16.8. The van der Waals surface area contributed by atoms with Gasteiger partial charge in [-0.05, 0) is 36.6 Å². The summed E-state index contributed by atoms with van der Waals surface area (Å²) in [6, 6.07) is 16.3. The molecule has 1 saturated carbocycles. The van der Waals surface area contributed by atoms with Crippen LogP contribution in [0.5, 0.6) is 11.5 Å². The number of fused-ring (bicyclic) bond motifs is 1. The van der Waals surface area contributed by atoms with E-state index in [1.165, 1.54) is 6.26 Å². The number of nitrogens with one attached hydrogen (secondary N) is 1. The summed E-state index contributed by atoms with van der Waals surface area (Å²) in [5.74, 6) is -0.371. The van der Waals surface area contributed by atoms with Gasteiger partial charge in [0.1, 0.15) is 0 Å². The minimum atomic E-state index is -0.701. The first-order valence-corrected chi connectivity index (χ1v) is 10.2. The van der Waals surface area contributed by atoms with Crippen LogP contribution in [-0.2, 0) is 9.53 Å². The summed E-state index contributed by atoms with van der Waals surface area (Å²) in [4.78, 5) is 24.7. The predicted molar refractivity (Wildman–Crippen MR) is 112 cm³/mol. The van der Waals surface area contributed by atoms with Crippen molar-refractivity contribution in [2.45, 2.75) is 31.5 Å². The summed E-state index contributed by atoms with van der Waals surface area (Å²) in [5.41, 5.74) is 1.98. The molecule has 2 aromatic carbocycles. The molecule has 1 aromatic heterocycles. The van der Waals surface area contributed by atoms with Gasteiger partial charge in [-0.15, -0.1) is 0 Å². The van der Waals surface area contributed by atoms with Crippen LogP contribution in [0.3, 0.4) is 0 Å². The van der Waals surface area contributed by atoms with Crippen LogP contribution >= 0.6 is 0 Å². The number of hydrogen-bond acceptors (Lipinski definition) is 6. The van der Waals surface area contributed by atoms with Crippen molar-refractivity contribution in [2.75, 3.05) is 11.9 Å². The highest BCUT2D eigenvalue weighted by molar-refractivity contribution is 5.97. The molecule has 7 nitrogen and oxygen atoms in total. The number of carbonyl (C=O) groups excluding carboxylic acids is 2. The van der Waals surface area contributed by atoms with Gasteiger partial charge in [0.05, 0.1) is 6.26 Å². The quantitative estimate of drug-likeness (QED) is 0.599. The molecule has 0 radical (unpaired) electrons. The standard InChI is InChI=1S/C24H21NO6/c26-21(15-29-23(27)22-18(10-13-28-22)16-6-2-1-3-7-16)25-17-8-9-19-20(14-17)31-24(30-19)11-4-5-12-24/h1-3,6-10,13-14H,4-5,11-12,15H2,(H,25,26). The van der Waals surface area contributed by atoms with E-state index >= 15 is 0 Å². The van der Waals surface area contributed by atoms with E-state index in [0.29, 0.717) is 22.7 Å². The second-order valence-corrected chi connectivity index (χ2v) is 7.64. The number of benzene rings is 2. The minimum Gasteiger partial charge on any atom is -0.457 e. The monoisotopic (exact) mass is 419 g/mol. The van der Waals surface area contributed by atoms with Crippen LogP contribution in [0.2, 0.25) is 0 Å². The molecule has 0 saturated heterocycles. The smallest absolute Gasteiger partial charge is 0.375 e. The Morgan fingerprint density at radius 2 is 1.74 bits per heavy atom. The highest BCUT2D eigenvalue weighted by atomic mass is 16.7. The van der Waals surface area contributed by atoms with Gasteiger partial charge in [0.25, 0.3) is 11.7 Å². The SMILES string of the molecule is O=C(COC(=O)c1occc1-c1ccccc1)Nc1ccc2c(c1)OC1(CCCC1)O2. The highest BCUT2D eigenvalue weighted by Gasteiger charge is 2.44. The number of esters is 1. The summed E-state index contributed by atoms with van der Waals surface area (Å²) in [6.07, 6.45) is 5.28. The first kappa shape index (κ1) is 19.2. The Bertz CT molecular complexity index is 1110. The van der Waals surface area contributed by atoms with Crippen LogP contribution in [0.25, 0.3) is 11.1 Å². The Balaban J connectivity index is 1.19. The van der Waals surface area contributed by atoms with Crippen molar-refractivity contribution in [3.8, 4) is 22.6 Å². The Kier molecular flexibility index (Phi) is 4.86. The molecule has 0 unspecified atom stereocenters. The molecule has 1 aliphatic carbocycles. The molecule has 1 amide bonds. The second-order valence-electron chi connectivity index (χ2n) is 7.64.